The number of nitrogens with two attached hydrogens (primary N) is 1. The van der Waals surface area contributed by atoms with Gasteiger partial charge in [-0.05, 0) is 37.6 Å². The fraction of sp³-hybridized carbons (Fsp3) is 0.857. The van der Waals surface area contributed by atoms with Gasteiger partial charge in [0.15, 0.2) is 0 Å². The predicted octanol–water partition coefficient (Wildman–Crippen LogP) is 7.05. The molecule has 0 aromatic carbocycles. The van der Waals surface area contributed by atoms with Crippen LogP contribution in [0.4, 0.5) is 0 Å². The molecule has 1 saturated carbocycles. The first kappa shape index (κ1) is 22.8. The van der Waals surface area contributed by atoms with E-state index in [1.807, 2.05) is 7.05 Å². The Morgan fingerprint density at radius 3 is 1.86 bits per heavy atom. The molecule has 6 nitrogen and oxygen atoms in total. The third kappa shape index (κ3) is 5.04. The van der Waals surface area contributed by atoms with E-state index in [0.717, 1.165) is 6.42 Å². The number of aliphatic carboxylic acids is 2. The Bertz CT molecular complexity index is 409. The van der Waals surface area contributed by atoms with Crippen LogP contribution < -0.4 is 11.1 Å². The van der Waals surface area contributed by atoms with Gasteiger partial charge in [-0.15, -0.1) is 0 Å². The zero-order valence-electron chi connectivity index (χ0n) is 13.5. The van der Waals surface area contributed by atoms with Crippen molar-refractivity contribution in [3.63, 3.8) is 0 Å². The van der Waals surface area contributed by atoms with Crippen molar-refractivity contribution in [3.05, 3.63) is 0 Å². The Balaban J connectivity index is -0.00000000459. The number of likely N-dealkylation sites (N-methyl/N-ethyl adjacent to an activating group) is 1. The summed E-state index contributed by atoms with van der Waals surface area (Å²) in [4.78, 5) is 18.2. The average molecular weight is 532 g/mol. The number of hydrogen-bond acceptors (Lipinski definition) is 4. The van der Waals surface area contributed by atoms with Gasteiger partial charge in [0.2, 0.25) is 0 Å². The van der Waals surface area contributed by atoms with E-state index in [0.29, 0.717) is 17.3 Å². The molecule has 2 unspecified atom stereocenters. The minimum absolute atomic E-state index is 0. The largest absolute Gasteiger partial charge is 2.00 e. The van der Waals surface area contributed by atoms with Crippen LogP contribution in [-0.4, -0.2) is 40.8 Å². The maximum absolute atomic E-state index is 9.10. The van der Waals surface area contributed by atoms with Crippen LogP contribution in [0.2, 0.25) is 0 Å². The monoisotopic (exact) mass is 532 g/mol. The van der Waals surface area contributed by atoms with E-state index >= 15 is 0 Å². The number of carboxylic acid groups (broad SMARTS) is 2. The quantitative estimate of drug-likeness (QED) is 0.270. The van der Waals surface area contributed by atoms with Crippen LogP contribution in [-0.2, 0) is 30.7 Å². The topological polar surface area (TPSA) is 113 Å². The van der Waals surface area contributed by atoms with E-state index in [1.54, 1.807) is 0 Å². The van der Waals surface area contributed by atoms with E-state index in [2.05, 4.69) is 39.9 Å². The third-order valence-electron chi connectivity index (χ3n) is 5.39. The molecule has 0 bridgehead atoms. The zero-order chi connectivity index (χ0) is 16.3. The van der Waals surface area contributed by atoms with Gasteiger partial charge in [-0.3, -0.25) is 0 Å². The van der Waals surface area contributed by atoms with E-state index in [1.165, 1.54) is 0 Å². The maximum Gasteiger partial charge on any atom is 2.00 e. The second kappa shape index (κ2) is 8.25. The minimum Gasteiger partial charge on any atom is -0.473 e. The smallest absolute Gasteiger partial charge is 0.473 e. The van der Waals surface area contributed by atoms with Crippen LogP contribution in [0.3, 0.4) is 0 Å². The van der Waals surface area contributed by atoms with Crippen molar-refractivity contribution in [1.29, 1.82) is 0 Å². The molecule has 0 amide bonds. The molecule has 0 spiro atoms. The molecule has 5 N–H and O–H groups in total. The standard InChI is InChI=1S/C12H26N2.C2H2O4.Pt.24H2/c1-8-7-10(13)12(5,14-6)9(2)11(8,3)4;3-1(4)2(5)6;;;;;;;;;;;;;;;;;;;;;;;;;/h8-10,14H,7,13H2,1-6H3;(H,3,4)(H,5,6);;24*1H/q;;+2;;;;;;;;;;;;;;;;;;;;;;;;/t8?,9?,10-,12-;;;;;;;;;;;;;;;;;;;;;;;;;;/m1........................../s1. The molecular formula is C14H76N2O4Pt+2. The molecule has 4 atom stereocenters. The summed E-state index contributed by atoms with van der Waals surface area (Å²) < 4.78 is 0. The summed E-state index contributed by atoms with van der Waals surface area (Å²) in [5, 5.41) is 18.2. The van der Waals surface area contributed by atoms with Crippen LogP contribution in [0, 0.1) is 17.3 Å². The van der Waals surface area contributed by atoms with Crippen molar-refractivity contribution in [2.45, 2.75) is 52.6 Å². The van der Waals surface area contributed by atoms with E-state index in [-0.39, 0.29) is 66.9 Å². The zero-order valence-corrected chi connectivity index (χ0v) is 15.8. The van der Waals surface area contributed by atoms with Gasteiger partial charge in [0, 0.05) is 45.8 Å². The molecule has 21 heavy (non-hydrogen) atoms. The number of hydrogen-bond donors (Lipinski definition) is 4. The van der Waals surface area contributed by atoms with Crippen LogP contribution in [0.5, 0.6) is 0 Å². The van der Waals surface area contributed by atoms with Gasteiger partial charge in [0.25, 0.3) is 0 Å². The Morgan fingerprint density at radius 2 is 1.57 bits per heavy atom. The minimum atomic E-state index is -1.82. The Labute approximate surface area is 176 Å². The molecule has 7 heteroatoms. The molecule has 1 aliphatic carbocycles. The molecular weight excluding hydrogens is 455 g/mol. The molecule has 0 aromatic heterocycles. The molecule has 0 saturated heterocycles. The number of rotatable bonds is 1. The summed E-state index contributed by atoms with van der Waals surface area (Å²) in [6, 6.07) is 0.269. The molecule has 0 aromatic rings. The molecule has 1 fully saturated rings. The molecule has 174 valence electrons. The third-order valence-corrected chi connectivity index (χ3v) is 5.39. The summed E-state index contributed by atoms with van der Waals surface area (Å²) in [5.74, 6) is -2.35. The maximum atomic E-state index is 9.10. The number of carboxylic acids is 2. The number of nitrogens with one attached hydrogen (secondary N) is 1. The molecule has 1 aliphatic rings. The van der Waals surface area contributed by atoms with Gasteiger partial charge in [-0.2, -0.15) is 0 Å². The second-order valence-corrected chi connectivity index (χ2v) is 6.43. The first-order valence-corrected chi connectivity index (χ1v) is 6.81. The van der Waals surface area contributed by atoms with Crippen molar-refractivity contribution < 1.29 is 75.1 Å². The fourth-order valence-electron chi connectivity index (χ4n) is 2.85. The van der Waals surface area contributed by atoms with Crippen molar-refractivity contribution in [1.82, 2.24) is 5.32 Å². The predicted molar refractivity (Wildman–Crippen MR) is 128 cm³/mol. The molecule has 0 aliphatic heterocycles. The van der Waals surface area contributed by atoms with Crippen molar-refractivity contribution in [3.8, 4) is 0 Å². The normalized spacial score (nSPS) is 34.0. The van der Waals surface area contributed by atoms with E-state index in [4.69, 9.17) is 25.5 Å². The van der Waals surface area contributed by atoms with E-state index < -0.39 is 11.9 Å². The van der Waals surface area contributed by atoms with Gasteiger partial charge in [0.1, 0.15) is 0 Å². The molecule has 0 heterocycles. The van der Waals surface area contributed by atoms with Crippen LogP contribution in [0.1, 0.15) is 75.3 Å². The average Bonchev–Trinajstić information content (AvgIpc) is 2.35. The SMILES string of the molecule is CN[C@]1(C)C(C)C(C)(C)C(C)C[C@H]1N.O=C(O)C(=O)O.[HH].[HH].[HH].[HH].[HH].[HH].[HH].[HH].[HH].[HH].[HH].[HH].[HH].[HH].[HH].[HH].[HH].[HH].[HH].[HH].[HH].[HH].[HH].[HH].[Pt+2]. The van der Waals surface area contributed by atoms with Crippen molar-refractivity contribution in [2.75, 3.05) is 7.05 Å². The summed E-state index contributed by atoms with van der Waals surface area (Å²) in [7, 11) is 2.03. The van der Waals surface area contributed by atoms with Gasteiger partial charge in [0.05, 0.1) is 0 Å². The first-order chi connectivity index (χ1) is 8.91. The van der Waals surface area contributed by atoms with Crippen molar-refractivity contribution >= 4 is 11.9 Å². The number of carbonyl (C=O) groups is 2. The Kier molecular flexibility index (Phi) is 8.97. The second-order valence-electron chi connectivity index (χ2n) is 6.43. The molecule has 1 rings (SSSR count). The Morgan fingerprint density at radius 1 is 1.19 bits per heavy atom. The van der Waals surface area contributed by atoms with Gasteiger partial charge >= 0.3 is 33.0 Å². The van der Waals surface area contributed by atoms with Crippen molar-refractivity contribution in [2.24, 2.45) is 23.0 Å². The molecule has 0 radical (unpaired) electrons. The summed E-state index contributed by atoms with van der Waals surface area (Å²) in [6.45, 7) is 11.6. The van der Waals surface area contributed by atoms with Gasteiger partial charge in [-0.25, -0.2) is 9.59 Å². The fourth-order valence-corrected chi connectivity index (χ4v) is 2.85. The van der Waals surface area contributed by atoms with Crippen LogP contribution in [0.15, 0.2) is 0 Å². The summed E-state index contributed by atoms with van der Waals surface area (Å²) >= 11 is 0. The summed E-state index contributed by atoms with van der Waals surface area (Å²) in [6.07, 6.45) is 1.12. The van der Waals surface area contributed by atoms with Crippen LogP contribution in [0.25, 0.3) is 0 Å². The summed E-state index contributed by atoms with van der Waals surface area (Å²) in [5.41, 5.74) is 6.71. The van der Waals surface area contributed by atoms with Gasteiger partial charge < -0.3 is 21.3 Å². The Hall–Kier alpha value is -0.452. The van der Waals surface area contributed by atoms with E-state index in [9.17, 15) is 0 Å². The van der Waals surface area contributed by atoms with Crippen LogP contribution >= 0.6 is 0 Å². The first-order valence-electron chi connectivity index (χ1n) is 6.81. The van der Waals surface area contributed by atoms with Gasteiger partial charge in [-0.1, -0.05) is 27.7 Å².